The molecule has 0 bridgehead atoms. The van der Waals surface area contributed by atoms with Gasteiger partial charge in [0.05, 0.1) is 35.9 Å². The summed E-state index contributed by atoms with van der Waals surface area (Å²) in [5.41, 5.74) is 1.09. The molecule has 2 aliphatic rings. The van der Waals surface area contributed by atoms with Crippen molar-refractivity contribution in [1.29, 1.82) is 0 Å². The zero-order valence-corrected chi connectivity index (χ0v) is 22.4. The average molecular weight is 588 g/mol. The molecule has 0 radical (unpaired) electrons. The number of hydrogen-bond acceptors (Lipinski definition) is 9. The predicted octanol–water partition coefficient (Wildman–Crippen LogP) is 3.71. The Kier molecular flexibility index (Phi) is 7.16. The number of aryl methyl sites for hydroxylation is 1. The molecule has 0 spiro atoms. The highest BCUT2D eigenvalue weighted by Crippen LogP contribution is 2.39. The van der Waals surface area contributed by atoms with Gasteiger partial charge in [0, 0.05) is 26.9 Å². The number of carbonyl (C=O) groups is 5. The van der Waals surface area contributed by atoms with Crippen LogP contribution >= 0.6 is 34.7 Å². The van der Waals surface area contributed by atoms with Crippen LogP contribution < -0.4 is 5.32 Å². The molecular weight excluding hydrogens is 570 g/mol. The van der Waals surface area contributed by atoms with E-state index in [4.69, 9.17) is 21.4 Å². The SMILES string of the molecule is Cc1cc2c(c(Sc3ccc(Cl)cc3)n1)C(=O)N(CC1Cc3c(sc(NC(=O)C(=O)O)c3C(=O)O)CO1)C2=O. The largest absolute Gasteiger partial charge is 0.478 e. The van der Waals surface area contributed by atoms with Gasteiger partial charge in [0.1, 0.15) is 10.0 Å². The fourth-order valence-electron chi connectivity index (χ4n) is 4.36. The van der Waals surface area contributed by atoms with Crippen LogP contribution in [0.25, 0.3) is 0 Å². The van der Waals surface area contributed by atoms with Crippen LogP contribution in [0, 0.1) is 6.92 Å². The van der Waals surface area contributed by atoms with Crippen LogP contribution in [-0.4, -0.2) is 62.4 Å². The zero-order chi connectivity index (χ0) is 28.0. The molecule has 0 aliphatic carbocycles. The number of amides is 3. The van der Waals surface area contributed by atoms with Crippen molar-refractivity contribution in [2.75, 3.05) is 11.9 Å². The summed E-state index contributed by atoms with van der Waals surface area (Å²) in [6, 6.07) is 8.54. The van der Waals surface area contributed by atoms with E-state index in [1.54, 1.807) is 37.3 Å². The molecule has 2 aromatic heterocycles. The number of ether oxygens (including phenoxy) is 1. The molecule has 3 aromatic rings. The number of benzene rings is 1. The summed E-state index contributed by atoms with van der Waals surface area (Å²) in [6.45, 7) is 1.56. The van der Waals surface area contributed by atoms with Crippen molar-refractivity contribution in [2.45, 2.75) is 36.0 Å². The minimum atomic E-state index is -1.75. The molecule has 1 unspecified atom stereocenters. The van der Waals surface area contributed by atoms with E-state index < -0.39 is 35.8 Å². The molecule has 1 aromatic carbocycles. The Balaban J connectivity index is 1.39. The quantitative estimate of drug-likeness (QED) is 0.286. The number of halogens is 1. The highest BCUT2D eigenvalue weighted by molar-refractivity contribution is 7.99. The summed E-state index contributed by atoms with van der Waals surface area (Å²) in [6.07, 6.45) is -0.690. The minimum Gasteiger partial charge on any atom is -0.478 e. The lowest BCUT2D eigenvalue weighted by atomic mass is 10.0. The van der Waals surface area contributed by atoms with Gasteiger partial charge in [-0.25, -0.2) is 14.6 Å². The number of aromatic nitrogens is 1. The summed E-state index contributed by atoms with van der Waals surface area (Å²) < 4.78 is 5.83. The van der Waals surface area contributed by atoms with Crippen molar-refractivity contribution < 1.29 is 38.9 Å². The monoisotopic (exact) mass is 587 g/mol. The number of carboxylic acids is 2. The summed E-state index contributed by atoms with van der Waals surface area (Å²) >= 11 is 8.11. The topological polar surface area (TPSA) is 163 Å². The van der Waals surface area contributed by atoms with Gasteiger partial charge in [-0.3, -0.25) is 19.3 Å². The normalized spacial score (nSPS) is 16.2. The molecule has 39 heavy (non-hydrogen) atoms. The van der Waals surface area contributed by atoms with Crippen LogP contribution in [0.4, 0.5) is 5.00 Å². The first kappa shape index (κ1) is 26.8. The highest BCUT2D eigenvalue weighted by atomic mass is 35.5. The molecule has 1 atom stereocenters. The Morgan fingerprint density at radius 3 is 2.59 bits per heavy atom. The maximum absolute atomic E-state index is 13.4. The van der Waals surface area contributed by atoms with Crippen LogP contribution in [0.1, 0.15) is 47.2 Å². The number of aliphatic carboxylic acids is 1. The zero-order valence-electron chi connectivity index (χ0n) is 20.0. The highest BCUT2D eigenvalue weighted by Gasteiger charge is 2.41. The van der Waals surface area contributed by atoms with Gasteiger partial charge in [-0.15, -0.1) is 11.3 Å². The lowest BCUT2D eigenvalue weighted by Gasteiger charge is -2.26. The molecule has 4 heterocycles. The number of imide groups is 1. The van der Waals surface area contributed by atoms with E-state index in [-0.39, 0.29) is 41.3 Å². The van der Waals surface area contributed by atoms with Gasteiger partial charge in [-0.1, -0.05) is 23.4 Å². The molecule has 200 valence electrons. The summed E-state index contributed by atoms with van der Waals surface area (Å²) in [5, 5.41) is 21.6. The molecular formula is C25H18ClN3O8S2. The third-order valence-corrected chi connectivity index (χ3v) is 8.44. The van der Waals surface area contributed by atoms with Crippen LogP contribution in [0.15, 0.2) is 40.3 Å². The van der Waals surface area contributed by atoms with Crippen LogP contribution in [0.3, 0.4) is 0 Å². The average Bonchev–Trinajstić information content (AvgIpc) is 3.35. The number of fused-ring (bicyclic) bond motifs is 2. The first-order valence-electron chi connectivity index (χ1n) is 11.4. The van der Waals surface area contributed by atoms with E-state index in [1.165, 1.54) is 11.8 Å². The van der Waals surface area contributed by atoms with Gasteiger partial charge in [0.15, 0.2) is 0 Å². The number of nitrogens with one attached hydrogen (secondary N) is 1. The van der Waals surface area contributed by atoms with E-state index in [2.05, 4.69) is 10.3 Å². The number of anilines is 1. The molecule has 3 N–H and O–H groups in total. The van der Waals surface area contributed by atoms with E-state index in [0.717, 1.165) is 21.1 Å². The van der Waals surface area contributed by atoms with Crippen molar-refractivity contribution in [1.82, 2.24) is 9.88 Å². The number of carbonyl (C=O) groups excluding carboxylic acids is 3. The van der Waals surface area contributed by atoms with Gasteiger partial charge in [-0.05, 0) is 42.8 Å². The Bertz CT molecular complexity index is 1570. The summed E-state index contributed by atoms with van der Waals surface area (Å²) in [7, 11) is 0. The number of carboxylic acid groups (broad SMARTS) is 2. The Morgan fingerprint density at radius 1 is 1.21 bits per heavy atom. The van der Waals surface area contributed by atoms with E-state index in [1.807, 2.05) is 0 Å². The van der Waals surface area contributed by atoms with Crippen LogP contribution in [-0.2, 0) is 27.4 Å². The second kappa shape index (κ2) is 10.4. The standard InChI is InChI=1S/C25H18ClN3O8S2/c1-10-6-15-17(20(27-10)38-13-4-2-11(26)3-5-13)23(32)29(22(15)31)8-12-7-14-16(9-37-12)39-21(18(14)24(33)34)28-19(30)25(35)36/h2-6,12H,7-9H2,1H3,(H,28,30)(H,33,34)(H,35,36). The van der Waals surface area contributed by atoms with Gasteiger partial charge < -0.3 is 20.3 Å². The van der Waals surface area contributed by atoms with Crippen molar-refractivity contribution in [3.05, 3.63) is 68.2 Å². The van der Waals surface area contributed by atoms with Gasteiger partial charge in [0.2, 0.25) is 0 Å². The summed E-state index contributed by atoms with van der Waals surface area (Å²) in [4.78, 5) is 68.1. The van der Waals surface area contributed by atoms with E-state index in [0.29, 0.717) is 26.2 Å². The smallest absolute Gasteiger partial charge is 0.394 e. The second-order valence-corrected chi connectivity index (χ2v) is 11.3. The Labute approximate surface area is 233 Å². The number of rotatable bonds is 6. The van der Waals surface area contributed by atoms with Crippen LogP contribution in [0.2, 0.25) is 5.02 Å². The number of hydrogen-bond donors (Lipinski definition) is 3. The Morgan fingerprint density at radius 2 is 1.92 bits per heavy atom. The van der Waals surface area contributed by atoms with Crippen molar-refractivity contribution >= 4 is 69.4 Å². The number of pyridine rings is 1. The molecule has 2 aliphatic heterocycles. The van der Waals surface area contributed by atoms with Gasteiger partial charge in [0.25, 0.3) is 11.8 Å². The minimum absolute atomic E-state index is 0.0324. The van der Waals surface area contributed by atoms with Crippen molar-refractivity contribution in [3.63, 3.8) is 0 Å². The lowest BCUT2D eigenvalue weighted by Crippen LogP contribution is -2.40. The molecule has 0 saturated heterocycles. The number of aromatic carboxylic acids is 1. The first-order valence-corrected chi connectivity index (χ1v) is 13.4. The number of thiophene rings is 1. The first-order chi connectivity index (χ1) is 18.5. The number of nitrogens with zero attached hydrogens (tertiary/aromatic N) is 2. The second-order valence-electron chi connectivity index (χ2n) is 8.68. The fraction of sp³-hybridized carbons (Fsp3) is 0.200. The van der Waals surface area contributed by atoms with Gasteiger partial charge >= 0.3 is 17.8 Å². The Hall–Kier alpha value is -3.78. The van der Waals surface area contributed by atoms with Crippen molar-refractivity contribution in [2.24, 2.45) is 0 Å². The molecule has 5 rings (SSSR count). The molecule has 0 fully saturated rings. The fourth-order valence-corrected chi connectivity index (χ4v) is 6.61. The maximum atomic E-state index is 13.4. The third-order valence-electron chi connectivity index (χ3n) is 6.07. The van der Waals surface area contributed by atoms with Crippen LogP contribution in [0.5, 0.6) is 0 Å². The molecule has 14 heteroatoms. The molecule has 0 saturated carbocycles. The van der Waals surface area contributed by atoms with E-state index in [9.17, 15) is 29.1 Å². The maximum Gasteiger partial charge on any atom is 0.394 e. The van der Waals surface area contributed by atoms with E-state index >= 15 is 0 Å². The predicted molar refractivity (Wildman–Crippen MR) is 140 cm³/mol. The summed E-state index contributed by atoms with van der Waals surface area (Å²) in [5.74, 6) is -5.51. The van der Waals surface area contributed by atoms with Crippen molar-refractivity contribution in [3.8, 4) is 0 Å². The molecule has 3 amide bonds. The lowest BCUT2D eigenvalue weighted by molar-refractivity contribution is -0.147. The van der Waals surface area contributed by atoms with Gasteiger partial charge in [-0.2, -0.15) is 0 Å². The molecule has 11 nitrogen and oxygen atoms in total. The third kappa shape index (κ3) is 5.13.